The maximum atomic E-state index is 13.5. The van der Waals surface area contributed by atoms with Crippen LogP contribution in [0, 0.1) is 5.41 Å². The van der Waals surface area contributed by atoms with Crippen LogP contribution in [0.4, 0.5) is 0 Å². The van der Waals surface area contributed by atoms with Crippen LogP contribution in [0.1, 0.15) is 37.7 Å². The summed E-state index contributed by atoms with van der Waals surface area (Å²) in [7, 11) is 1.88. The van der Waals surface area contributed by atoms with Gasteiger partial charge in [0.05, 0.1) is 12.0 Å². The van der Waals surface area contributed by atoms with Crippen LogP contribution >= 0.6 is 0 Å². The van der Waals surface area contributed by atoms with Gasteiger partial charge in [-0.3, -0.25) is 9.59 Å². The zero-order valence-corrected chi connectivity index (χ0v) is 16.7. The average molecular weight is 386 g/mol. The van der Waals surface area contributed by atoms with Crippen molar-refractivity contribution < 1.29 is 19.1 Å². The van der Waals surface area contributed by atoms with Crippen LogP contribution in [0.3, 0.4) is 0 Å². The zero-order valence-electron chi connectivity index (χ0n) is 16.7. The van der Waals surface area contributed by atoms with Crippen LogP contribution in [0.25, 0.3) is 0 Å². The fourth-order valence-corrected chi connectivity index (χ4v) is 4.80. The largest absolute Gasteiger partial charge is 0.381 e. The quantitative estimate of drug-likeness (QED) is 0.796. The number of piperidine rings is 1. The van der Waals surface area contributed by atoms with Gasteiger partial charge < -0.3 is 19.3 Å². The Morgan fingerprint density at radius 1 is 1.04 bits per heavy atom. The predicted molar refractivity (Wildman–Crippen MR) is 105 cm³/mol. The van der Waals surface area contributed by atoms with E-state index >= 15 is 0 Å². The SMILES string of the molecule is CN1CCC2(CCN(C(=O)C3(OCc4ccccc4)CCOCC3)CC2)C1=O. The fraction of sp³-hybridized carbons (Fsp3) is 0.636. The Morgan fingerprint density at radius 2 is 1.68 bits per heavy atom. The summed E-state index contributed by atoms with van der Waals surface area (Å²) in [5.74, 6) is 0.320. The second-order valence-corrected chi connectivity index (χ2v) is 8.43. The number of rotatable bonds is 4. The third kappa shape index (κ3) is 3.55. The molecule has 3 aliphatic heterocycles. The molecule has 0 N–H and O–H groups in total. The summed E-state index contributed by atoms with van der Waals surface area (Å²) < 4.78 is 11.8. The van der Waals surface area contributed by atoms with Crippen molar-refractivity contribution in [2.24, 2.45) is 5.41 Å². The van der Waals surface area contributed by atoms with Gasteiger partial charge in [-0.15, -0.1) is 0 Å². The normalized spacial score (nSPS) is 24.0. The second-order valence-electron chi connectivity index (χ2n) is 8.43. The highest BCUT2D eigenvalue weighted by Crippen LogP contribution is 2.42. The molecule has 28 heavy (non-hydrogen) atoms. The summed E-state index contributed by atoms with van der Waals surface area (Å²) in [5.41, 5.74) is 0.00675. The first-order valence-corrected chi connectivity index (χ1v) is 10.4. The first-order valence-electron chi connectivity index (χ1n) is 10.4. The molecule has 4 rings (SSSR count). The van der Waals surface area contributed by atoms with E-state index in [0.717, 1.165) is 31.4 Å². The molecule has 0 unspecified atom stereocenters. The van der Waals surface area contributed by atoms with Gasteiger partial charge in [-0.05, 0) is 24.8 Å². The van der Waals surface area contributed by atoms with Crippen molar-refractivity contribution in [3.8, 4) is 0 Å². The summed E-state index contributed by atoms with van der Waals surface area (Å²) in [6, 6.07) is 9.98. The highest BCUT2D eigenvalue weighted by molar-refractivity contribution is 5.87. The topological polar surface area (TPSA) is 59.1 Å². The average Bonchev–Trinajstić information content (AvgIpc) is 3.02. The van der Waals surface area contributed by atoms with E-state index in [1.807, 2.05) is 47.2 Å². The number of hydrogen-bond donors (Lipinski definition) is 0. The molecule has 6 nitrogen and oxygen atoms in total. The first-order chi connectivity index (χ1) is 13.5. The summed E-state index contributed by atoms with van der Waals surface area (Å²) >= 11 is 0. The molecule has 0 radical (unpaired) electrons. The molecule has 2 amide bonds. The lowest BCUT2D eigenvalue weighted by Crippen LogP contribution is -2.56. The number of carbonyl (C=O) groups excluding carboxylic acids is 2. The third-order valence-electron chi connectivity index (χ3n) is 6.78. The molecule has 0 atom stereocenters. The van der Waals surface area contributed by atoms with Crippen molar-refractivity contribution >= 4 is 11.8 Å². The summed E-state index contributed by atoms with van der Waals surface area (Å²) in [6.45, 7) is 3.61. The number of nitrogens with zero attached hydrogens (tertiary/aromatic N) is 2. The Bertz CT molecular complexity index is 707. The van der Waals surface area contributed by atoms with Gasteiger partial charge >= 0.3 is 0 Å². The minimum Gasteiger partial charge on any atom is -0.381 e. The number of ether oxygens (including phenoxy) is 2. The van der Waals surface area contributed by atoms with E-state index in [4.69, 9.17) is 9.47 Å². The molecule has 0 aliphatic carbocycles. The molecule has 1 aromatic carbocycles. The van der Waals surface area contributed by atoms with Crippen molar-refractivity contribution in [1.82, 2.24) is 9.80 Å². The number of amides is 2. The molecule has 0 bridgehead atoms. The lowest BCUT2D eigenvalue weighted by Gasteiger charge is -2.43. The van der Waals surface area contributed by atoms with E-state index in [2.05, 4.69) is 0 Å². The van der Waals surface area contributed by atoms with Gasteiger partial charge in [0.25, 0.3) is 5.91 Å². The monoisotopic (exact) mass is 386 g/mol. The van der Waals surface area contributed by atoms with Gasteiger partial charge in [-0.25, -0.2) is 0 Å². The summed E-state index contributed by atoms with van der Waals surface area (Å²) in [6.07, 6.45) is 3.60. The van der Waals surface area contributed by atoms with Crippen molar-refractivity contribution in [2.45, 2.75) is 44.3 Å². The van der Waals surface area contributed by atoms with Crippen molar-refractivity contribution in [1.29, 1.82) is 0 Å². The van der Waals surface area contributed by atoms with E-state index < -0.39 is 5.60 Å². The Kier molecular flexibility index (Phi) is 5.43. The molecule has 6 heteroatoms. The minimum atomic E-state index is -0.810. The smallest absolute Gasteiger partial charge is 0.255 e. The molecule has 1 spiro atoms. The summed E-state index contributed by atoms with van der Waals surface area (Å²) in [5, 5.41) is 0. The van der Waals surface area contributed by atoms with Gasteiger partial charge in [-0.1, -0.05) is 30.3 Å². The van der Waals surface area contributed by atoms with Gasteiger partial charge in [0, 0.05) is 52.7 Å². The highest BCUT2D eigenvalue weighted by Gasteiger charge is 2.50. The molecular weight excluding hydrogens is 356 g/mol. The molecular formula is C22H30N2O4. The number of carbonyl (C=O) groups is 2. The van der Waals surface area contributed by atoms with Crippen molar-refractivity contribution in [3.05, 3.63) is 35.9 Å². The number of likely N-dealkylation sites (tertiary alicyclic amines) is 2. The van der Waals surface area contributed by atoms with Gasteiger partial charge in [-0.2, -0.15) is 0 Å². The highest BCUT2D eigenvalue weighted by atomic mass is 16.5. The van der Waals surface area contributed by atoms with Crippen LogP contribution in [0.2, 0.25) is 0 Å². The lowest BCUT2D eigenvalue weighted by atomic mass is 9.76. The Morgan fingerprint density at radius 3 is 2.29 bits per heavy atom. The molecule has 3 heterocycles. The number of hydrogen-bond acceptors (Lipinski definition) is 4. The summed E-state index contributed by atoms with van der Waals surface area (Å²) in [4.78, 5) is 29.8. The maximum absolute atomic E-state index is 13.5. The van der Waals surface area contributed by atoms with Crippen LogP contribution in [-0.2, 0) is 25.7 Å². The van der Waals surface area contributed by atoms with E-state index in [-0.39, 0.29) is 17.2 Å². The van der Waals surface area contributed by atoms with E-state index in [0.29, 0.717) is 45.8 Å². The fourth-order valence-electron chi connectivity index (χ4n) is 4.80. The minimum absolute atomic E-state index is 0.0698. The molecule has 152 valence electrons. The first kappa shape index (κ1) is 19.4. The van der Waals surface area contributed by atoms with E-state index in [1.165, 1.54) is 0 Å². The molecule has 3 fully saturated rings. The molecule has 1 aromatic rings. The Balaban J connectivity index is 1.44. The standard InChI is InChI=1S/C22H30N2O4/c1-23-12-7-21(19(23)25)8-13-24(14-9-21)20(26)22(10-15-27-16-11-22)28-17-18-5-3-2-4-6-18/h2-6H,7-17H2,1H3. The Hall–Kier alpha value is -1.92. The third-order valence-corrected chi connectivity index (χ3v) is 6.78. The second kappa shape index (κ2) is 7.84. The van der Waals surface area contributed by atoms with Crippen molar-refractivity contribution in [2.75, 3.05) is 39.9 Å². The molecule has 0 saturated carbocycles. The zero-order chi connectivity index (χ0) is 19.6. The van der Waals surface area contributed by atoms with Crippen LogP contribution in [0.5, 0.6) is 0 Å². The molecule has 0 aromatic heterocycles. The van der Waals surface area contributed by atoms with Gasteiger partial charge in [0.15, 0.2) is 5.60 Å². The van der Waals surface area contributed by atoms with E-state index in [1.54, 1.807) is 0 Å². The Labute approximate surface area is 166 Å². The van der Waals surface area contributed by atoms with E-state index in [9.17, 15) is 9.59 Å². The van der Waals surface area contributed by atoms with Crippen LogP contribution in [-0.4, -0.2) is 67.1 Å². The van der Waals surface area contributed by atoms with Crippen LogP contribution in [0.15, 0.2) is 30.3 Å². The van der Waals surface area contributed by atoms with Gasteiger partial charge in [0.1, 0.15) is 0 Å². The van der Waals surface area contributed by atoms with Gasteiger partial charge in [0.2, 0.25) is 5.91 Å². The molecule has 3 saturated heterocycles. The lowest BCUT2D eigenvalue weighted by molar-refractivity contribution is -0.176. The number of benzene rings is 1. The molecule has 3 aliphatic rings. The van der Waals surface area contributed by atoms with Crippen molar-refractivity contribution in [3.63, 3.8) is 0 Å². The van der Waals surface area contributed by atoms with Crippen LogP contribution < -0.4 is 0 Å². The predicted octanol–water partition coefficient (Wildman–Crippen LogP) is 2.22. The maximum Gasteiger partial charge on any atom is 0.255 e.